The summed E-state index contributed by atoms with van der Waals surface area (Å²) in [4.78, 5) is 37.6. The van der Waals surface area contributed by atoms with Gasteiger partial charge in [-0.05, 0) is 31.2 Å². The number of aliphatic hydroxyl groups excluding tert-OH is 1. The minimum Gasteiger partial charge on any atom is -0.472 e. The number of hydrogen-bond donors (Lipinski definition) is 1. The van der Waals surface area contributed by atoms with E-state index in [1.807, 2.05) is 0 Å². The Balaban J connectivity index is 1.66. The molecular weight excluding hydrogens is 432 g/mol. The Morgan fingerprint density at radius 1 is 1.27 bits per heavy atom. The Morgan fingerprint density at radius 2 is 2.03 bits per heavy atom. The maximum atomic E-state index is 13.7. The van der Waals surface area contributed by atoms with Gasteiger partial charge in [-0.25, -0.2) is 0 Å². The standard InChI is InChI=1S/C24H30O9/c1-13-19(27)20(28)24(12-30-14(2)25)18(5-4-7-22(24)11-31-22)23(13)9-17(16-6-8-29-10-16)33-21(23)32-15(3)26/h6,8,10,13,17-18,20-21,28H,4-5,7,9,11-12H2,1-3H3/t13-,17?,18-,20-,21?,22+,23-,24+/m1/s1. The fourth-order valence-corrected chi connectivity index (χ4v) is 7.05. The Bertz CT molecular complexity index is 951. The van der Waals surface area contributed by atoms with Crippen LogP contribution in [-0.2, 0) is 33.3 Å². The van der Waals surface area contributed by atoms with Crippen molar-refractivity contribution < 1.29 is 42.9 Å². The second kappa shape index (κ2) is 7.65. The van der Waals surface area contributed by atoms with Crippen LogP contribution in [0.3, 0.4) is 0 Å². The summed E-state index contributed by atoms with van der Waals surface area (Å²) in [5, 5.41) is 11.5. The van der Waals surface area contributed by atoms with Gasteiger partial charge in [-0.1, -0.05) is 13.3 Å². The number of furan rings is 1. The fourth-order valence-electron chi connectivity index (χ4n) is 7.05. The summed E-state index contributed by atoms with van der Waals surface area (Å²) >= 11 is 0. The monoisotopic (exact) mass is 462 g/mol. The van der Waals surface area contributed by atoms with E-state index in [-0.39, 0.29) is 18.3 Å². The lowest BCUT2D eigenvalue weighted by Gasteiger charge is -2.61. The van der Waals surface area contributed by atoms with Crippen LogP contribution in [0.5, 0.6) is 0 Å². The minimum atomic E-state index is -1.36. The molecule has 9 nitrogen and oxygen atoms in total. The third kappa shape index (κ3) is 3.05. The van der Waals surface area contributed by atoms with E-state index >= 15 is 0 Å². The van der Waals surface area contributed by atoms with Gasteiger partial charge in [-0.3, -0.25) is 14.4 Å². The van der Waals surface area contributed by atoms with Crippen LogP contribution in [0.1, 0.15) is 58.1 Å². The van der Waals surface area contributed by atoms with Gasteiger partial charge in [0.1, 0.15) is 18.3 Å². The van der Waals surface area contributed by atoms with Gasteiger partial charge in [-0.2, -0.15) is 0 Å². The number of epoxide rings is 1. The summed E-state index contributed by atoms with van der Waals surface area (Å²) in [5.74, 6) is -2.38. The van der Waals surface area contributed by atoms with Crippen LogP contribution in [0.4, 0.5) is 0 Å². The predicted octanol–water partition coefficient (Wildman–Crippen LogP) is 2.31. The van der Waals surface area contributed by atoms with E-state index in [2.05, 4.69) is 0 Å². The number of aliphatic hydroxyl groups is 1. The van der Waals surface area contributed by atoms with Gasteiger partial charge in [0.15, 0.2) is 5.78 Å². The highest BCUT2D eigenvalue weighted by Gasteiger charge is 2.79. The largest absolute Gasteiger partial charge is 0.472 e. The van der Waals surface area contributed by atoms with Crippen LogP contribution in [0.15, 0.2) is 23.0 Å². The minimum absolute atomic E-state index is 0.141. The topological polar surface area (TPSA) is 125 Å². The van der Waals surface area contributed by atoms with Crippen molar-refractivity contribution in [3.63, 3.8) is 0 Å². The summed E-state index contributed by atoms with van der Waals surface area (Å²) in [7, 11) is 0. The molecular formula is C24H30O9. The molecule has 4 fully saturated rings. The van der Waals surface area contributed by atoms with Crippen LogP contribution in [0.25, 0.3) is 0 Å². The first kappa shape index (κ1) is 22.6. The maximum Gasteiger partial charge on any atom is 0.304 e. The average molecular weight is 462 g/mol. The molecule has 8 atom stereocenters. The Labute approximate surface area is 191 Å². The molecule has 33 heavy (non-hydrogen) atoms. The highest BCUT2D eigenvalue weighted by Crippen LogP contribution is 2.71. The predicted molar refractivity (Wildman–Crippen MR) is 110 cm³/mol. The summed E-state index contributed by atoms with van der Waals surface area (Å²) in [5.41, 5.74) is -2.05. The summed E-state index contributed by atoms with van der Waals surface area (Å²) in [6.45, 7) is 4.62. The lowest BCUT2D eigenvalue weighted by Crippen LogP contribution is -2.71. The van der Waals surface area contributed by atoms with Gasteiger partial charge in [0.25, 0.3) is 0 Å². The number of hydrogen-bond acceptors (Lipinski definition) is 9. The van der Waals surface area contributed by atoms with Gasteiger partial charge >= 0.3 is 11.9 Å². The quantitative estimate of drug-likeness (QED) is 0.530. The normalized spacial score (nSPS) is 44.0. The zero-order chi connectivity index (χ0) is 23.6. The zero-order valence-corrected chi connectivity index (χ0v) is 19.1. The first-order valence-electron chi connectivity index (χ1n) is 11.5. The molecule has 3 heterocycles. The molecule has 2 unspecified atom stereocenters. The van der Waals surface area contributed by atoms with Crippen LogP contribution >= 0.6 is 0 Å². The Kier molecular flexibility index (Phi) is 5.23. The van der Waals surface area contributed by atoms with Crippen molar-refractivity contribution >= 4 is 17.7 Å². The molecule has 2 spiro atoms. The van der Waals surface area contributed by atoms with Crippen molar-refractivity contribution in [1.29, 1.82) is 0 Å². The lowest BCUT2D eigenvalue weighted by molar-refractivity contribution is -0.255. The number of esters is 2. The van der Waals surface area contributed by atoms with E-state index in [9.17, 15) is 19.5 Å². The van der Waals surface area contributed by atoms with Crippen LogP contribution in [0, 0.1) is 22.7 Å². The van der Waals surface area contributed by atoms with Crippen molar-refractivity contribution in [2.45, 2.75) is 70.6 Å². The zero-order valence-electron chi connectivity index (χ0n) is 19.1. The number of carbonyl (C=O) groups excluding carboxylic acids is 3. The Morgan fingerprint density at radius 3 is 2.64 bits per heavy atom. The van der Waals surface area contributed by atoms with Crippen LogP contribution in [-0.4, -0.2) is 54.0 Å². The summed E-state index contributed by atoms with van der Waals surface area (Å²) in [6, 6.07) is 1.79. The molecule has 2 aliphatic carbocycles. The molecule has 0 aromatic carbocycles. The summed E-state index contributed by atoms with van der Waals surface area (Å²) in [6.07, 6.45) is 2.82. The van der Waals surface area contributed by atoms with Gasteiger partial charge in [0.05, 0.1) is 30.7 Å². The van der Waals surface area contributed by atoms with Crippen molar-refractivity contribution in [2.75, 3.05) is 13.2 Å². The average Bonchev–Trinajstić information content (AvgIpc) is 3.19. The third-order valence-electron chi connectivity index (χ3n) is 8.64. The van der Waals surface area contributed by atoms with E-state index in [0.717, 1.165) is 12.0 Å². The molecule has 0 bridgehead atoms. The molecule has 9 heteroatoms. The summed E-state index contributed by atoms with van der Waals surface area (Å²) < 4.78 is 28.7. The van der Waals surface area contributed by atoms with Gasteiger partial charge < -0.3 is 28.5 Å². The molecule has 4 aliphatic rings. The van der Waals surface area contributed by atoms with Gasteiger partial charge in [0, 0.05) is 30.7 Å². The maximum absolute atomic E-state index is 13.7. The van der Waals surface area contributed by atoms with Crippen molar-refractivity contribution in [3.05, 3.63) is 24.2 Å². The van der Waals surface area contributed by atoms with Gasteiger partial charge in [-0.15, -0.1) is 0 Å². The van der Waals surface area contributed by atoms with Crippen LogP contribution in [0.2, 0.25) is 0 Å². The van der Waals surface area contributed by atoms with E-state index < -0.39 is 52.8 Å². The number of carbonyl (C=O) groups is 3. The fraction of sp³-hybridized carbons (Fsp3) is 0.708. The first-order chi connectivity index (χ1) is 15.7. The molecule has 5 rings (SSSR count). The molecule has 0 amide bonds. The van der Waals surface area contributed by atoms with Crippen LogP contribution < -0.4 is 0 Å². The Hall–Kier alpha value is -2.23. The first-order valence-corrected chi connectivity index (χ1v) is 11.5. The molecule has 2 aliphatic heterocycles. The number of Topliss-reactive ketones (excluding diaryl/α,β-unsaturated/α-hetero) is 1. The third-order valence-corrected chi connectivity index (χ3v) is 8.64. The highest BCUT2D eigenvalue weighted by atomic mass is 16.7. The second-order valence-electron chi connectivity index (χ2n) is 10.0. The molecule has 1 N–H and O–H groups in total. The van der Waals surface area contributed by atoms with E-state index in [4.69, 9.17) is 23.4 Å². The number of rotatable bonds is 4. The molecule has 2 saturated heterocycles. The van der Waals surface area contributed by atoms with Crippen molar-refractivity contribution in [3.8, 4) is 0 Å². The smallest absolute Gasteiger partial charge is 0.304 e. The highest BCUT2D eigenvalue weighted by molar-refractivity contribution is 5.88. The molecule has 2 saturated carbocycles. The SMILES string of the molecule is CC(=O)OC[C@@]12[C@H](O)C(=O)[C@@H](C)[C@]3(CC(c4ccoc4)OC3OC(C)=O)[C@H]1CCC[C@]21CO1. The molecule has 1 aromatic rings. The van der Waals surface area contributed by atoms with E-state index in [1.54, 1.807) is 25.5 Å². The molecule has 180 valence electrons. The van der Waals surface area contributed by atoms with Crippen molar-refractivity contribution in [1.82, 2.24) is 0 Å². The number of ketones is 1. The van der Waals surface area contributed by atoms with E-state index in [1.165, 1.54) is 13.8 Å². The van der Waals surface area contributed by atoms with Crippen molar-refractivity contribution in [2.24, 2.45) is 22.7 Å². The molecule has 0 radical (unpaired) electrons. The van der Waals surface area contributed by atoms with Gasteiger partial charge in [0.2, 0.25) is 6.29 Å². The number of fused-ring (bicyclic) bond motifs is 3. The van der Waals surface area contributed by atoms with E-state index in [0.29, 0.717) is 25.9 Å². The molecule has 1 aromatic heterocycles. The second-order valence-corrected chi connectivity index (χ2v) is 10.0. The lowest BCUT2D eigenvalue weighted by atomic mass is 9.42. The number of ether oxygens (including phenoxy) is 4.